The van der Waals surface area contributed by atoms with Gasteiger partial charge in [-0.2, -0.15) is 0 Å². The molecule has 17 heavy (non-hydrogen) atoms. The Bertz CT molecular complexity index is 450. The first-order chi connectivity index (χ1) is 7.81. The third kappa shape index (κ3) is 3.86. The standard InChI is InChI=1S/C12H15FN2O2/c1-12(2,3)17-15-10(11(14)16)8-6-4-5-7-9(8)13/h4-7H,1-3H3,(H2,14,16). The van der Waals surface area contributed by atoms with Crippen molar-refractivity contribution in [1.29, 1.82) is 0 Å². The van der Waals surface area contributed by atoms with Crippen molar-refractivity contribution in [2.75, 3.05) is 0 Å². The molecule has 0 radical (unpaired) electrons. The van der Waals surface area contributed by atoms with Gasteiger partial charge in [0.05, 0.1) is 0 Å². The van der Waals surface area contributed by atoms with Crippen LogP contribution in [0.3, 0.4) is 0 Å². The number of carbonyl (C=O) groups excluding carboxylic acids is 1. The van der Waals surface area contributed by atoms with Crippen molar-refractivity contribution in [1.82, 2.24) is 0 Å². The minimum absolute atomic E-state index is 0.0317. The number of benzene rings is 1. The van der Waals surface area contributed by atoms with Gasteiger partial charge in [-0.05, 0) is 32.9 Å². The molecule has 0 aliphatic rings. The summed E-state index contributed by atoms with van der Waals surface area (Å²) < 4.78 is 13.5. The quantitative estimate of drug-likeness (QED) is 0.645. The third-order valence-electron chi connectivity index (χ3n) is 1.77. The van der Waals surface area contributed by atoms with E-state index in [-0.39, 0.29) is 11.3 Å². The van der Waals surface area contributed by atoms with Gasteiger partial charge in [-0.1, -0.05) is 17.3 Å². The van der Waals surface area contributed by atoms with Crippen molar-refractivity contribution in [2.45, 2.75) is 26.4 Å². The molecular weight excluding hydrogens is 223 g/mol. The molecule has 1 aromatic carbocycles. The second-order valence-electron chi connectivity index (χ2n) is 4.49. The van der Waals surface area contributed by atoms with Crippen molar-refractivity contribution in [3.05, 3.63) is 35.6 Å². The number of nitrogens with two attached hydrogens (primary N) is 1. The topological polar surface area (TPSA) is 64.7 Å². The summed E-state index contributed by atoms with van der Waals surface area (Å²) in [5.74, 6) is -1.40. The second-order valence-corrected chi connectivity index (χ2v) is 4.49. The maximum atomic E-state index is 13.5. The molecule has 0 unspecified atom stereocenters. The van der Waals surface area contributed by atoms with Crippen molar-refractivity contribution in [3.8, 4) is 0 Å². The monoisotopic (exact) mass is 238 g/mol. The van der Waals surface area contributed by atoms with Crippen LogP contribution in [0, 0.1) is 5.82 Å². The van der Waals surface area contributed by atoms with Gasteiger partial charge in [0.25, 0.3) is 5.91 Å². The molecule has 5 heteroatoms. The van der Waals surface area contributed by atoms with Gasteiger partial charge in [0.1, 0.15) is 11.4 Å². The minimum Gasteiger partial charge on any atom is -0.389 e. The van der Waals surface area contributed by atoms with Gasteiger partial charge in [-0.25, -0.2) is 4.39 Å². The Kier molecular flexibility index (Phi) is 3.83. The van der Waals surface area contributed by atoms with Crippen LogP contribution in [0.1, 0.15) is 26.3 Å². The van der Waals surface area contributed by atoms with E-state index in [1.807, 2.05) is 0 Å². The Balaban J connectivity index is 3.11. The lowest BCUT2D eigenvalue weighted by molar-refractivity contribution is -0.112. The highest BCUT2D eigenvalue weighted by atomic mass is 19.1. The van der Waals surface area contributed by atoms with Crippen LogP contribution in [0.4, 0.5) is 4.39 Å². The molecule has 0 atom stereocenters. The van der Waals surface area contributed by atoms with Gasteiger partial charge < -0.3 is 10.6 Å². The summed E-state index contributed by atoms with van der Waals surface area (Å²) >= 11 is 0. The Morgan fingerprint density at radius 2 is 1.94 bits per heavy atom. The molecule has 0 bridgehead atoms. The van der Waals surface area contributed by atoms with E-state index in [0.29, 0.717) is 0 Å². The Hall–Kier alpha value is -1.91. The van der Waals surface area contributed by atoms with Crippen LogP contribution in [0.2, 0.25) is 0 Å². The Morgan fingerprint density at radius 1 is 1.35 bits per heavy atom. The smallest absolute Gasteiger partial charge is 0.271 e. The van der Waals surface area contributed by atoms with Crippen LogP contribution in [0.15, 0.2) is 29.4 Å². The molecule has 0 spiro atoms. The molecule has 1 amide bonds. The number of primary amides is 1. The van der Waals surface area contributed by atoms with Gasteiger partial charge in [-0.3, -0.25) is 4.79 Å². The number of halogens is 1. The zero-order valence-electron chi connectivity index (χ0n) is 10.0. The van der Waals surface area contributed by atoms with Crippen LogP contribution in [0.5, 0.6) is 0 Å². The number of hydrogen-bond donors (Lipinski definition) is 1. The molecule has 0 saturated carbocycles. The average molecular weight is 238 g/mol. The van der Waals surface area contributed by atoms with Crippen molar-refractivity contribution in [3.63, 3.8) is 0 Å². The fourth-order valence-corrected chi connectivity index (χ4v) is 1.06. The molecule has 4 nitrogen and oxygen atoms in total. The number of oxime groups is 1. The minimum atomic E-state index is -0.834. The zero-order valence-corrected chi connectivity index (χ0v) is 10.0. The van der Waals surface area contributed by atoms with Gasteiger partial charge in [0.2, 0.25) is 0 Å². The first kappa shape index (κ1) is 13.2. The van der Waals surface area contributed by atoms with E-state index < -0.39 is 17.3 Å². The van der Waals surface area contributed by atoms with Crippen LogP contribution >= 0.6 is 0 Å². The molecule has 0 heterocycles. The summed E-state index contributed by atoms with van der Waals surface area (Å²) in [7, 11) is 0. The van der Waals surface area contributed by atoms with E-state index in [2.05, 4.69) is 5.16 Å². The van der Waals surface area contributed by atoms with E-state index in [0.717, 1.165) is 0 Å². The summed E-state index contributed by atoms with van der Waals surface area (Å²) in [6.07, 6.45) is 0. The lowest BCUT2D eigenvalue weighted by Gasteiger charge is -2.16. The largest absolute Gasteiger partial charge is 0.389 e. The van der Waals surface area contributed by atoms with E-state index in [4.69, 9.17) is 10.6 Å². The number of carbonyl (C=O) groups is 1. The lowest BCUT2D eigenvalue weighted by atomic mass is 10.1. The van der Waals surface area contributed by atoms with Crippen LogP contribution in [0.25, 0.3) is 0 Å². The summed E-state index contributed by atoms with van der Waals surface area (Å²) in [6.45, 7) is 5.28. The molecule has 1 aromatic rings. The van der Waals surface area contributed by atoms with E-state index in [1.165, 1.54) is 18.2 Å². The fourth-order valence-electron chi connectivity index (χ4n) is 1.06. The first-order valence-corrected chi connectivity index (χ1v) is 5.12. The summed E-state index contributed by atoms with van der Waals surface area (Å²) in [4.78, 5) is 16.3. The van der Waals surface area contributed by atoms with E-state index in [9.17, 15) is 9.18 Å². The predicted octanol–water partition coefficient (Wildman–Crippen LogP) is 1.83. The number of amides is 1. The summed E-state index contributed by atoms with van der Waals surface area (Å²) in [5, 5.41) is 3.63. The fraction of sp³-hybridized carbons (Fsp3) is 0.333. The van der Waals surface area contributed by atoms with Gasteiger partial charge >= 0.3 is 0 Å². The number of nitrogens with zero attached hydrogens (tertiary/aromatic N) is 1. The van der Waals surface area contributed by atoms with Crippen molar-refractivity contribution in [2.24, 2.45) is 10.9 Å². The molecule has 92 valence electrons. The molecule has 0 saturated heterocycles. The van der Waals surface area contributed by atoms with Gasteiger partial charge in [0, 0.05) is 5.56 Å². The maximum absolute atomic E-state index is 13.5. The Morgan fingerprint density at radius 3 is 2.41 bits per heavy atom. The van der Waals surface area contributed by atoms with E-state index in [1.54, 1.807) is 26.8 Å². The Labute approximate surface area is 99.3 Å². The first-order valence-electron chi connectivity index (χ1n) is 5.12. The van der Waals surface area contributed by atoms with Crippen molar-refractivity contribution < 1.29 is 14.0 Å². The molecule has 1 rings (SSSR count). The molecule has 2 N–H and O–H groups in total. The lowest BCUT2D eigenvalue weighted by Crippen LogP contribution is -2.27. The molecule has 0 aromatic heterocycles. The highest BCUT2D eigenvalue weighted by molar-refractivity contribution is 6.44. The highest BCUT2D eigenvalue weighted by Crippen LogP contribution is 2.12. The van der Waals surface area contributed by atoms with Gasteiger partial charge in [0.15, 0.2) is 5.71 Å². The average Bonchev–Trinajstić information content (AvgIpc) is 2.18. The van der Waals surface area contributed by atoms with Crippen LogP contribution in [-0.2, 0) is 9.63 Å². The number of rotatable bonds is 3. The number of hydrogen-bond acceptors (Lipinski definition) is 3. The summed E-state index contributed by atoms with van der Waals surface area (Å²) in [5.41, 5.74) is 4.38. The SMILES string of the molecule is CC(C)(C)ON=C(C(N)=O)c1ccccc1F. The predicted molar refractivity (Wildman–Crippen MR) is 63.0 cm³/mol. The summed E-state index contributed by atoms with van der Waals surface area (Å²) in [6, 6.07) is 5.76. The molecule has 0 aliphatic carbocycles. The molecular formula is C12H15FN2O2. The van der Waals surface area contributed by atoms with Crippen LogP contribution in [-0.4, -0.2) is 17.2 Å². The maximum Gasteiger partial charge on any atom is 0.271 e. The second kappa shape index (κ2) is 4.95. The molecule has 0 aliphatic heterocycles. The third-order valence-corrected chi connectivity index (χ3v) is 1.77. The van der Waals surface area contributed by atoms with E-state index >= 15 is 0 Å². The zero-order chi connectivity index (χ0) is 13.1. The van der Waals surface area contributed by atoms with Crippen LogP contribution < -0.4 is 5.73 Å². The van der Waals surface area contributed by atoms with Gasteiger partial charge in [-0.15, -0.1) is 0 Å². The highest BCUT2D eigenvalue weighted by Gasteiger charge is 2.18. The normalized spacial score (nSPS) is 12.4. The van der Waals surface area contributed by atoms with Crippen molar-refractivity contribution >= 4 is 11.6 Å². The molecule has 0 fully saturated rings.